The van der Waals surface area contributed by atoms with Crippen LogP contribution in [0.2, 0.25) is 0 Å². The number of aryl methyl sites for hydroxylation is 1. The molecule has 0 saturated heterocycles. The van der Waals surface area contributed by atoms with Crippen LogP contribution in [0.4, 0.5) is 4.79 Å². The summed E-state index contributed by atoms with van der Waals surface area (Å²) in [6.07, 6.45) is 6.05. The van der Waals surface area contributed by atoms with Crippen molar-refractivity contribution in [3.05, 3.63) is 11.6 Å². The summed E-state index contributed by atoms with van der Waals surface area (Å²) in [5, 5.41) is 24.2. The van der Waals surface area contributed by atoms with Crippen LogP contribution in [-0.4, -0.2) is 38.0 Å². The zero-order valence-corrected chi connectivity index (χ0v) is 15.1. The van der Waals surface area contributed by atoms with Crippen LogP contribution in [0.25, 0.3) is 0 Å². The smallest absolute Gasteiger partial charge is 0.315 e. The van der Waals surface area contributed by atoms with E-state index in [1.807, 2.05) is 0 Å². The van der Waals surface area contributed by atoms with Crippen molar-refractivity contribution in [2.75, 3.05) is 6.54 Å². The van der Waals surface area contributed by atoms with Gasteiger partial charge in [-0.05, 0) is 38.5 Å². The fourth-order valence-corrected chi connectivity index (χ4v) is 2.86. The fourth-order valence-electron chi connectivity index (χ4n) is 2.86. The molecule has 1 aliphatic heterocycles. The van der Waals surface area contributed by atoms with Crippen LogP contribution in [0, 0.1) is 5.92 Å². The van der Waals surface area contributed by atoms with Gasteiger partial charge in [-0.3, -0.25) is 0 Å². The van der Waals surface area contributed by atoms with E-state index in [4.69, 9.17) is 0 Å². The number of rotatable bonds is 7. The Balaban J connectivity index is 1.76. The number of fused-ring (bicyclic) bond motifs is 1. The number of aromatic nitrogens is 3. The highest BCUT2D eigenvalue weighted by molar-refractivity contribution is 5.73. The molecule has 0 fully saturated rings. The minimum absolute atomic E-state index is 0.240. The minimum atomic E-state index is -0.881. The Bertz CT molecular complexity index is 539. The molecule has 7 nitrogen and oxygen atoms in total. The molecule has 2 amide bonds. The van der Waals surface area contributed by atoms with Gasteiger partial charge in [-0.25, -0.2) is 4.79 Å². The summed E-state index contributed by atoms with van der Waals surface area (Å²) in [7, 11) is 0. The molecule has 0 bridgehead atoms. The number of carbonyl (C=O) groups is 1. The molecule has 1 aromatic heterocycles. The minimum Gasteiger partial charge on any atom is -0.388 e. The Labute approximate surface area is 144 Å². The largest absolute Gasteiger partial charge is 0.388 e. The van der Waals surface area contributed by atoms with Gasteiger partial charge in [0, 0.05) is 19.5 Å². The van der Waals surface area contributed by atoms with Gasteiger partial charge in [0.05, 0.1) is 12.1 Å². The van der Waals surface area contributed by atoms with Crippen molar-refractivity contribution in [3.8, 4) is 0 Å². The van der Waals surface area contributed by atoms with E-state index >= 15 is 0 Å². The highest BCUT2D eigenvalue weighted by atomic mass is 16.3. The molecule has 1 aliphatic rings. The molecule has 0 radical (unpaired) electrons. The molecule has 1 aromatic rings. The molecular formula is C17H31N5O2. The monoisotopic (exact) mass is 337 g/mol. The highest BCUT2D eigenvalue weighted by Gasteiger charge is 2.21. The molecule has 3 N–H and O–H groups in total. The average Bonchev–Trinajstić information content (AvgIpc) is 2.76. The van der Waals surface area contributed by atoms with Crippen LogP contribution in [0.15, 0.2) is 0 Å². The molecule has 0 spiro atoms. The van der Waals surface area contributed by atoms with Gasteiger partial charge < -0.3 is 20.3 Å². The van der Waals surface area contributed by atoms with E-state index in [2.05, 4.69) is 39.2 Å². The van der Waals surface area contributed by atoms with Crippen LogP contribution in [-0.2, 0) is 19.5 Å². The maximum absolute atomic E-state index is 12.0. The molecule has 0 aliphatic carbocycles. The van der Waals surface area contributed by atoms with Gasteiger partial charge in [0.2, 0.25) is 0 Å². The van der Waals surface area contributed by atoms with Crippen LogP contribution >= 0.6 is 0 Å². The molecule has 24 heavy (non-hydrogen) atoms. The maximum Gasteiger partial charge on any atom is 0.315 e. The number of carbonyl (C=O) groups excluding carboxylic acids is 1. The van der Waals surface area contributed by atoms with Crippen molar-refractivity contribution in [2.24, 2.45) is 5.92 Å². The molecule has 0 saturated carbocycles. The molecule has 1 atom stereocenters. The van der Waals surface area contributed by atoms with E-state index in [-0.39, 0.29) is 12.6 Å². The summed E-state index contributed by atoms with van der Waals surface area (Å²) in [4.78, 5) is 12.0. The second kappa shape index (κ2) is 8.46. The topological polar surface area (TPSA) is 92.1 Å². The van der Waals surface area contributed by atoms with Crippen molar-refractivity contribution in [1.29, 1.82) is 0 Å². The van der Waals surface area contributed by atoms with Crippen molar-refractivity contribution in [1.82, 2.24) is 25.4 Å². The Morgan fingerprint density at radius 1 is 1.29 bits per heavy atom. The van der Waals surface area contributed by atoms with E-state index in [9.17, 15) is 9.90 Å². The third-order valence-electron chi connectivity index (χ3n) is 4.48. The third-order valence-corrected chi connectivity index (χ3v) is 4.48. The molecule has 2 rings (SSSR count). The lowest BCUT2D eigenvalue weighted by Crippen LogP contribution is -2.45. The molecule has 136 valence electrons. The summed E-state index contributed by atoms with van der Waals surface area (Å²) in [6, 6.07) is -0.286. The van der Waals surface area contributed by atoms with E-state index in [1.165, 1.54) is 6.42 Å². The van der Waals surface area contributed by atoms with E-state index in [1.54, 1.807) is 6.92 Å². The quantitative estimate of drug-likeness (QED) is 0.709. The summed E-state index contributed by atoms with van der Waals surface area (Å²) >= 11 is 0. The molecular weight excluding hydrogens is 306 g/mol. The van der Waals surface area contributed by atoms with E-state index in [0.717, 1.165) is 43.9 Å². The van der Waals surface area contributed by atoms with Crippen LogP contribution < -0.4 is 10.6 Å². The lowest BCUT2D eigenvalue weighted by molar-refractivity contribution is 0.0476. The number of amides is 2. The first-order valence-electron chi connectivity index (χ1n) is 9.02. The van der Waals surface area contributed by atoms with Gasteiger partial charge in [0.25, 0.3) is 0 Å². The first-order valence-corrected chi connectivity index (χ1v) is 9.02. The number of aliphatic hydroxyl groups is 1. The van der Waals surface area contributed by atoms with Crippen LogP contribution in [0.5, 0.6) is 0 Å². The average molecular weight is 337 g/mol. The maximum atomic E-state index is 12.0. The first-order chi connectivity index (χ1) is 11.4. The van der Waals surface area contributed by atoms with Gasteiger partial charge in [-0.2, -0.15) is 0 Å². The van der Waals surface area contributed by atoms with Gasteiger partial charge >= 0.3 is 6.03 Å². The first kappa shape index (κ1) is 18.7. The second-order valence-corrected chi connectivity index (χ2v) is 7.46. The summed E-state index contributed by atoms with van der Waals surface area (Å²) in [5.74, 6) is 2.35. The van der Waals surface area contributed by atoms with Gasteiger partial charge in [-0.15, -0.1) is 10.2 Å². The number of urea groups is 1. The van der Waals surface area contributed by atoms with Crippen molar-refractivity contribution >= 4 is 6.03 Å². The van der Waals surface area contributed by atoms with Gasteiger partial charge in [0.15, 0.2) is 5.82 Å². The molecule has 1 unspecified atom stereocenters. The lowest BCUT2D eigenvalue weighted by Gasteiger charge is -2.24. The molecule has 2 heterocycles. The predicted octanol–water partition coefficient (Wildman–Crippen LogP) is 1.99. The molecule has 7 heteroatoms. The summed E-state index contributed by atoms with van der Waals surface area (Å²) in [6.45, 7) is 7.52. The Kier molecular flexibility index (Phi) is 6.60. The van der Waals surface area contributed by atoms with Crippen LogP contribution in [0.3, 0.4) is 0 Å². The van der Waals surface area contributed by atoms with E-state index < -0.39 is 5.60 Å². The lowest BCUT2D eigenvalue weighted by atomic mass is 9.95. The highest BCUT2D eigenvalue weighted by Crippen LogP contribution is 2.16. The normalized spacial score (nSPS) is 17.0. The second-order valence-electron chi connectivity index (χ2n) is 7.46. The summed E-state index contributed by atoms with van der Waals surface area (Å²) in [5.41, 5.74) is -0.881. The number of nitrogens with one attached hydrogen (secondary N) is 2. The standard InChI is InChI=1S/C17H31N5O2/c1-13(2)8-9-17(3,24)12-19-16(23)18-11-15-21-20-14-7-5-4-6-10-22(14)15/h13,24H,4-12H2,1-3H3,(H2,18,19,23). The summed E-state index contributed by atoms with van der Waals surface area (Å²) < 4.78 is 2.12. The SMILES string of the molecule is CC(C)CCC(C)(O)CNC(=O)NCc1nnc2n1CCCCC2. The zero-order valence-electron chi connectivity index (χ0n) is 15.1. The number of nitrogens with zero attached hydrogens (tertiary/aromatic N) is 3. The van der Waals surface area contributed by atoms with Crippen LogP contribution in [0.1, 0.15) is 64.5 Å². The zero-order chi connectivity index (χ0) is 17.6. The Hall–Kier alpha value is -1.63. The van der Waals surface area contributed by atoms with Crippen molar-refractivity contribution < 1.29 is 9.90 Å². The Morgan fingerprint density at radius 2 is 2.08 bits per heavy atom. The predicted molar refractivity (Wildman–Crippen MR) is 92.5 cm³/mol. The van der Waals surface area contributed by atoms with Gasteiger partial charge in [-0.1, -0.05) is 20.3 Å². The molecule has 0 aromatic carbocycles. The fraction of sp³-hybridized carbons (Fsp3) is 0.824. The van der Waals surface area contributed by atoms with Gasteiger partial charge in [0.1, 0.15) is 5.82 Å². The Morgan fingerprint density at radius 3 is 2.83 bits per heavy atom. The number of hydrogen-bond acceptors (Lipinski definition) is 4. The van der Waals surface area contributed by atoms with Crippen molar-refractivity contribution in [2.45, 2.75) is 78.0 Å². The van der Waals surface area contributed by atoms with Crippen molar-refractivity contribution in [3.63, 3.8) is 0 Å². The number of hydrogen-bond donors (Lipinski definition) is 3. The van der Waals surface area contributed by atoms with E-state index in [0.29, 0.717) is 18.9 Å². The third kappa shape index (κ3) is 5.78.